The van der Waals surface area contributed by atoms with Crippen molar-refractivity contribution in [2.75, 3.05) is 25.6 Å². The number of aryl methyl sites for hydroxylation is 1. The molecular formula is C18H22ClN3O3. The van der Waals surface area contributed by atoms with Crippen molar-refractivity contribution in [3.8, 4) is 17.0 Å². The molecule has 1 unspecified atom stereocenters. The molecule has 7 heteroatoms. The standard InChI is InChI=1S/C13H12ClN3O.C5H10O2/c14-10-7-16-13(15)17-12(10)9-3-4-11-8(6-9)2-1-5-18-11;6-5-2-1-3-7-4-5/h3-4,6-7H,1-2,5H2,(H2,15,16,17);5-6H,1-4H2. The molecule has 134 valence electrons. The number of benzene rings is 1. The molecule has 0 amide bonds. The van der Waals surface area contributed by atoms with E-state index >= 15 is 0 Å². The Morgan fingerprint density at radius 1 is 1.24 bits per heavy atom. The molecule has 0 spiro atoms. The van der Waals surface area contributed by atoms with Gasteiger partial charge in [-0.2, -0.15) is 0 Å². The van der Waals surface area contributed by atoms with Crippen LogP contribution in [0.3, 0.4) is 0 Å². The lowest BCUT2D eigenvalue weighted by Gasteiger charge is -2.17. The van der Waals surface area contributed by atoms with Gasteiger partial charge in [0.25, 0.3) is 0 Å². The summed E-state index contributed by atoms with van der Waals surface area (Å²) in [5.74, 6) is 1.17. The van der Waals surface area contributed by atoms with Gasteiger partial charge in [-0.3, -0.25) is 0 Å². The fourth-order valence-corrected chi connectivity index (χ4v) is 3.01. The molecule has 0 saturated carbocycles. The first kappa shape index (κ1) is 17.9. The van der Waals surface area contributed by atoms with Gasteiger partial charge in [-0.25, -0.2) is 9.97 Å². The van der Waals surface area contributed by atoms with Crippen molar-refractivity contribution in [1.82, 2.24) is 9.97 Å². The highest BCUT2D eigenvalue weighted by Gasteiger charge is 2.13. The first-order valence-electron chi connectivity index (χ1n) is 8.43. The van der Waals surface area contributed by atoms with E-state index in [0.29, 0.717) is 17.3 Å². The van der Waals surface area contributed by atoms with Crippen LogP contribution in [0.4, 0.5) is 5.95 Å². The van der Waals surface area contributed by atoms with E-state index in [2.05, 4.69) is 16.0 Å². The van der Waals surface area contributed by atoms with Gasteiger partial charge < -0.3 is 20.3 Å². The van der Waals surface area contributed by atoms with Crippen LogP contribution in [0.15, 0.2) is 24.4 Å². The van der Waals surface area contributed by atoms with Gasteiger partial charge >= 0.3 is 0 Å². The Labute approximate surface area is 152 Å². The van der Waals surface area contributed by atoms with Crippen molar-refractivity contribution in [3.05, 3.63) is 35.0 Å². The minimum absolute atomic E-state index is 0.186. The summed E-state index contributed by atoms with van der Waals surface area (Å²) < 4.78 is 10.5. The molecule has 0 bridgehead atoms. The molecule has 0 radical (unpaired) electrons. The second-order valence-electron chi connectivity index (χ2n) is 6.07. The van der Waals surface area contributed by atoms with Crippen LogP contribution in [-0.4, -0.2) is 41.0 Å². The van der Waals surface area contributed by atoms with Crippen LogP contribution in [0, 0.1) is 0 Å². The molecule has 1 aromatic heterocycles. The Kier molecular flexibility index (Phi) is 6.07. The third kappa shape index (κ3) is 4.81. The van der Waals surface area contributed by atoms with E-state index < -0.39 is 0 Å². The zero-order valence-electron chi connectivity index (χ0n) is 13.9. The van der Waals surface area contributed by atoms with Gasteiger partial charge in [0, 0.05) is 12.2 Å². The molecule has 4 rings (SSSR count). The highest BCUT2D eigenvalue weighted by molar-refractivity contribution is 6.32. The van der Waals surface area contributed by atoms with Crippen LogP contribution in [0.2, 0.25) is 5.02 Å². The summed E-state index contributed by atoms with van der Waals surface area (Å²) >= 11 is 6.10. The Morgan fingerprint density at radius 3 is 2.84 bits per heavy atom. The molecule has 2 aliphatic rings. The second kappa shape index (κ2) is 8.47. The highest BCUT2D eigenvalue weighted by Crippen LogP contribution is 2.32. The van der Waals surface area contributed by atoms with E-state index in [0.717, 1.165) is 50.2 Å². The molecule has 6 nitrogen and oxygen atoms in total. The molecule has 0 aliphatic carbocycles. The van der Waals surface area contributed by atoms with E-state index in [1.165, 1.54) is 11.8 Å². The maximum atomic E-state index is 8.78. The van der Waals surface area contributed by atoms with Gasteiger partial charge in [0.1, 0.15) is 5.75 Å². The van der Waals surface area contributed by atoms with Crippen LogP contribution in [0.5, 0.6) is 5.75 Å². The number of aliphatic hydroxyl groups is 1. The van der Waals surface area contributed by atoms with Crippen LogP contribution in [0.25, 0.3) is 11.3 Å². The van der Waals surface area contributed by atoms with E-state index in [9.17, 15) is 0 Å². The van der Waals surface area contributed by atoms with Crippen molar-refractivity contribution in [1.29, 1.82) is 0 Å². The van der Waals surface area contributed by atoms with Crippen LogP contribution >= 0.6 is 11.6 Å². The lowest BCUT2D eigenvalue weighted by atomic mass is 10.0. The Hall–Kier alpha value is -1.89. The quantitative estimate of drug-likeness (QED) is 0.809. The number of nitrogens with two attached hydrogens (primary N) is 1. The predicted octanol–water partition coefficient (Wildman–Crippen LogP) is 2.86. The van der Waals surface area contributed by atoms with Crippen molar-refractivity contribution >= 4 is 17.5 Å². The number of nitrogens with zero attached hydrogens (tertiary/aromatic N) is 2. The summed E-state index contributed by atoms with van der Waals surface area (Å²) in [5, 5.41) is 9.28. The smallest absolute Gasteiger partial charge is 0.220 e. The maximum absolute atomic E-state index is 8.78. The monoisotopic (exact) mass is 363 g/mol. The van der Waals surface area contributed by atoms with Gasteiger partial charge in [0.2, 0.25) is 5.95 Å². The number of rotatable bonds is 1. The highest BCUT2D eigenvalue weighted by atomic mass is 35.5. The zero-order valence-corrected chi connectivity index (χ0v) is 14.7. The first-order chi connectivity index (χ1) is 12.1. The van der Waals surface area contributed by atoms with Crippen molar-refractivity contribution < 1.29 is 14.6 Å². The predicted molar refractivity (Wildman–Crippen MR) is 96.8 cm³/mol. The van der Waals surface area contributed by atoms with E-state index in [-0.39, 0.29) is 12.1 Å². The molecule has 2 aliphatic heterocycles. The average Bonchev–Trinajstić information content (AvgIpc) is 2.64. The van der Waals surface area contributed by atoms with Crippen LogP contribution in [-0.2, 0) is 11.2 Å². The second-order valence-corrected chi connectivity index (χ2v) is 6.48. The fraction of sp³-hybridized carbons (Fsp3) is 0.444. The van der Waals surface area contributed by atoms with Gasteiger partial charge in [-0.1, -0.05) is 11.6 Å². The van der Waals surface area contributed by atoms with Crippen LogP contribution < -0.4 is 10.5 Å². The molecule has 25 heavy (non-hydrogen) atoms. The summed E-state index contributed by atoms with van der Waals surface area (Å²) in [6, 6.07) is 5.96. The van der Waals surface area contributed by atoms with Gasteiger partial charge in [0.15, 0.2) is 0 Å². The molecule has 1 aromatic carbocycles. The third-order valence-electron chi connectivity index (χ3n) is 4.08. The number of halogens is 1. The molecule has 2 aromatic rings. The number of hydrogen-bond acceptors (Lipinski definition) is 6. The third-order valence-corrected chi connectivity index (χ3v) is 4.36. The summed E-state index contributed by atoms with van der Waals surface area (Å²) in [5.41, 5.74) is 8.39. The van der Waals surface area contributed by atoms with Crippen LogP contribution in [0.1, 0.15) is 24.8 Å². The Bertz CT molecular complexity index is 721. The van der Waals surface area contributed by atoms with Gasteiger partial charge in [-0.05, 0) is 49.4 Å². The number of nitrogen functional groups attached to an aromatic ring is 1. The lowest BCUT2D eigenvalue weighted by molar-refractivity contribution is -0.00535. The minimum atomic E-state index is -0.186. The summed E-state index contributed by atoms with van der Waals surface area (Å²) in [6.07, 6.45) is 5.32. The molecule has 3 N–H and O–H groups in total. The summed E-state index contributed by atoms with van der Waals surface area (Å²) in [6.45, 7) is 2.16. The Morgan fingerprint density at radius 2 is 2.12 bits per heavy atom. The van der Waals surface area contributed by atoms with Gasteiger partial charge in [-0.15, -0.1) is 0 Å². The lowest BCUT2D eigenvalue weighted by Crippen LogP contribution is -2.21. The number of hydrogen-bond donors (Lipinski definition) is 2. The van der Waals surface area contributed by atoms with E-state index in [1.807, 2.05) is 12.1 Å². The maximum Gasteiger partial charge on any atom is 0.220 e. The van der Waals surface area contributed by atoms with E-state index in [1.54, 1.807) is 0 Å². The number of aromatic nitrogens is 2. The summed E-state index contributed by atoms with van der Waals surface area (Å²) in [4.78, 5) is 8.05. The normalized spacial score (nSPS) is 19.2. The minimum Gasteiger partial charge on any atom is -0.493 e. The Balaban J connectivity index is 0.000000219. The fourth-order valence-electron chi connectivity index (χ4n) is 2.81. The SMILES string of the molecule is Nc1ncc(Cl)c(-c2ccc3c(c2)CCCO3)n1.OC1CCCOC1. The summed E-state index contributed by atoms with van der Waals surface area (Å²) in [7, 11) is 0. The zero-order chi connectivity index (χ0) is 17.6. The number of aliphatic hydroxyl groups excluding tert-OH is 1. The molecule has 1 atom stereocenters. The molecular weight excluding hydrogens is 342 g/mol. The number of fused-ring (bicyclic) bond motifs is 1. The average molecular weight is 364 g/mol. The van der Waals surface area contributed by atoms with Gasteiger partial charge in [0.05, 0.1) is 36.2 Å². The first-order valence-corrected chi connectivity index (χ1v) is 8.81. The largest absolute Gasteiger partial charge is 0.493 e. The molecule has 1 fully saturated rings. The topological polar surface area (TPSA) is 90.5 Å². The molecule has 1 saturated heterocycles. The van der Waals surface area contributed by atoms with E-state index in [4.69, 9.17) is 31.9 Å². The van der Waals surface area contributed by atoms with Crippen molar-refractivity contribution in [2.45, 2.75) is 31.8 Å². The number of anilines is 1. The van der Waals surface area contributed by atoms with Crippen molar-refractivity contribution in [3.63, 3.8) is 0 Å². The number of ether oxygens (including phenoxy) is 2. The van der Waals surface area contributed by atoms with Crippen molar-refractivity contribution in [2.24, 2.45) is 0 Å². The molecule has 3 heterocycles.